The molecule has 0 radical (unpaired) electrons. The Bertz CT molecular complexity index is 1320. The minimum Gasteiger partial charge on any atom is -0.352 e. The molecule has 0 saturated heterocycles. The summed E-state index contributed by atoms with van der Waals surface area (Å²) in [6.45, 7) is 7.63. The Kier molecular flexibility index (Phi) is 8.72. The maximum absolute atomic E-state index is 12.7. The molecule has 0 spiro atoms. The Labute approximate surface area is 226 Å². The van der Waals surface area contributed by atoms with Crippen LogP contribution in [0.4, 0.5) is 0 Å². The van der Waals surface area contributed by atoms with E-state index in [9.17, 15) is 4.79 Å². The highest BCUT2D eigenvalue weighted by Crippen LogP contribution is 2.41. The number of hydrogen-bond acceptors (Lipinski definition) is 4. The topological polar surface area (TPSA) is 59.8 Å². The van der Waals surface area contributed by atoms with E-state index in [-0.39, 0.29) is 11.8 Å². The number of hydrogen-bond donors (Lipinski definition) is 1. The summed E-state index contributed by atoms with van der Waals surface area (Å²) in [4.78, 5) is 21.9. The lowest BCUT2D eigenvalue weighted by Gasteiger charge is -2.15. The van der Waals surface area contributed by atoms with Crippen molar-refractivity contribution in [3.8, 4) is 0 Å². The number of rotatable bonds is 9. The van der Waals surface area contributed by atoms with Gasteiger partial charge in [-0.15, -0.1) is 0 Å². The summed E-state index contributed by atoms with van der Waals surface area (Å²) in [5.74, 6) is 0.222. The third-order valence-corrected chi connectivity index (χ3v) is 7.48. The van der Waals surface area contributed by atoms with Crippen molar-refractivity contribution in [3.63, 3.8) is 0 Å². The van der Waals surface area contributed by atoms with Gasteiger partial charge in [-0.05, 0) is 77.6 Å². The van der Waals surface area contributed by atoms with E-state index in [1.807, 2.05) is 36.4 Å². The summed E-state index contributed by atoms with van der Waals surface area (Å²) in [6.07, 6.45) is 7.34. The fourth-order valence-corrected chi connectivity index (χ4v) is 6.24. The molecule has 186 valence electrons. The molecule has 8 heteroatoms. The van der Waals surface area contributed by atoms with Gasteiger partial charge >= 0.3 is 0 Å². The monoisotopic (exact) mass is 538 g/mol. The largest absolute Gasteiger partial charge is 0.352 e. The zero-order valence-corrected chi connectivity index (χ0v) is 22.8. The van der Waals surface area contributed by atoms with E-state index < -0.39 is 0 Å². The minimum atomic E-state index is -0.0204. The van der Waals surface area contributed by atoms with Crippen LogP contribution in [0.15, 0.2) is 77.2 Å². The van der Waals surface area contributed by atoms with Crippen LogP contribution in [-0.4, -0.2) is 20.4 Å². The highest BCUT2D eigenvalue weighted by atomic mass is 35.5. The molecule has 0 unspecified atom stereocenters. The van der Waals surface area contributed by atoms with Crippen LogP contribution in [-0.2, 0) is 24.3 Å². The van der Waals surface area contributed by atoms with E-state index in [1.54, 1.807) is 42.6 Å². The number of aromatic nitrogens is 3. The van der Waals surface area contributed by atoms with Gasteiger partial charge in [0.1, 0.15) is 0 Å². The molecule has 0 aliphatic carbocycles. The van der Waals surface area contributed by atoms with Crippen molar-refractivity contribution in [2.75, 3.05) is 0 Å². The van der Waals surface area contributed by atoms with Gasteiger partial charge in [0.05, 0.1) is 11.4 Å². The Morgan fingerprint density at radius 1 is 0.972 bits per heavy atom. The predicted molar refractivity (Wildman–Crippen MR) is 147 cm³/mol. The molecule has 0 bridgehead atoms. The van der Waals surface area contributed by atoms with Crippen molar-refractivity contribution in [2.45, 2.75) is 56.1 Å². The number of carbonyl (C=O) groups excluding carboxylic acids is 1. The van der Waals surface area contributed by atoms with Gasteiger partial charge < -0.3 is 9.88 Å². The van der Waals surface area contributed by atoms with E-state index in [1.165, 1.54) is 5.56 Å². The summed E-state index contributed by atoms with van der Waals surface area (Å²) >= 11 is 14.3. The number of benzene rings is 1. The van der Waals surface area contributed by atoms with Gasteiger partial charge in [-0.1, -0.05) is 48.8 Å². The Hall–Kier alpha value is -2.80. The van der Waals surface area contributed by atoms with E-state index in [2.05, 4.69) is 40.6 Å². The SMILES string of the molecule is Cc1c(CNC(=O)Cc2ccncc2)c(C(C)C)c(Sc2cc(Cl)cc(Cl)c2)n1Cc1ccncc1. The molecule has 1 N–H and O–H groups in total. The predicted octanol–water partition coefficient (Wildman–Crippen LogP) is 7.08. The van der Waals surface area contributed by atoms with E-state index in [0.29, 0.717) is 29.6 Å². The van der Waals surface area contributed by atoms with Crippen LogP contribution in [0.5, 0.6) is 0 Å². The molecule has 3 heterocycles. The second-order valence-electron chi connectivity index (χ2n) is 8.90. The lowest BCUT2D eigenvalue weighted by molar-refractivity contribution is -0.120. The number of pyridine rings is 2. The number of nitrogens with one attached hydrogen (secondary N) is 1. The number of amides is 1. The standard InChI is InChI=1S/C28H28Cl2N4OS/c1-18(2)27-25(16-33-26(35)12-20-4-8-31-9-5-20)19(3)34(17-21-6-10-32-11-7-21)28(27)36-24-14-22(29)13-23(30)15-24/h4-11,13-15,18H,12,16-17H2,1-3H3,(H,33,35). The van der Waals surface area contributed by atoms with Crippen molar-refractivity contribution < 1.29 is 4.79 Å². The lowest BCUT2D eigenvalue weighted by atomic mass is 10.0. The smallest absolute Gasteiger partial charge is 0.224 e. The first-order chi connectivity index (χ1) is 17.3. The Morgan fingerprint density at radius 2 is 1.56 bits per heavy atom. The molecule has 4 aromatic rings. The second kappa shape index (κ2) is 12.0. The molecule has 1 amide bonds. The summed E-state index contributed by atoms with van der Waals surface area (Å²) in [7, 11) is 0. The molecule has 36 heavy (non-hydrogen) atoms. The first kappa shape index (κ1) is 26.3. The minimum absolute atomic E-state index is 0.0204. The van der Waals surface area contributed by atoms with Gasteiger partial charge in [0.2, 0.25) is 5.91 Å². The molecule has 5 nitrogen and oxygen atoms in total. The van der Waals surface area contributed by atoms with Crippen molar-refractivity contribution >= 4 is 40.9 Å². The molecule has 0 aliphatic rings. The highest BCUT2D eigenvalue weighted by molar-refractivity contribution is 7.99. The average Bonchev–Trinajstić information content (AvgIpc) is 3.09. The van der Waals surface area contributed by atoms with Gasteiger partial charge in [-0.3, -0.25) is 14.8 Å². The Balaban J connectivity index is 1.70. The van der Waals surface area contributed by atoms with Crippen LogP contribution in [0.1, 0.15) is 47.7 Å². The maximum Gasteiger partial charge on any atom is 0.224 e. The summed E-state index contributed by atoms with van der Waals surface area (Å²) < 4.78 is 2.31. The molecule has 0 aliphatic heterocycles. The number of halogens is 2. The normalized spacial score (nSPS) is 11.2. The van der Waals surface area contributed by atoms with Crippen LogP contribution in [0.25, 0.3) is 0 Å². The van der Waals surface area contributed by atoms with E-state index in [4.69, 9.17) is 23.2 Å². The first-order valence-electron chi connectivity index (χ1n) is 11.7. The molecular formula is C28H28Cl2N4OS. The van der Waals surface area contributed by atoms with Gasteiger partial charge in [-0.2, -0.15) is 0 Å². The van der Waals surface area contributed by atoms with Crippen molar-refractivity contribution in [1.82, 2.24) is 19.9 Å². The van der Waals surface area contributed by atoms with Crippen LogP contribution in [0.2, 0.25) is 10.0 Å². The summed E-state index contributed by atoms with van der Waals surface area (Å²) in [5.41, 5.74) is 5.56. The summed E-state index contributed by atoms with van der Waals surface area (Å²) in [5, 5.41) is 5.46. The van der Waals surface area contributed by atoms with Crippen LogP contribution in [0.3, 0.4) is 0 Å². The molecule has 0 saturated carbocycles. The zero-order valence-electron chi connectivity index (χ0n) is 20.5. The molecule has 1 aromatic carbocycles. The van der Waals surface area contributed by atoms with Crippen molar-refractivity contribution in [1.29, 1.82) is 0 Å². The fourth-order valence-electron chi connectivity index (χ4n) is 4.21. The van der Waals surface area contributed by atoms with E-state index in [0.717, 1.165) is 32.3 Å². The van der Waals surface area contributed by atoms with E-state index >= 15 is 0 Å². The van der Waals surface area contributed by atoms with Crippen molar-refractivity contribution in [3.05, 3.63) is 105 Å². The Morgan fingerprint density at radius 3 is 2.14 bits per heavy atom. The maximum atomic E-state index is 12.7. The van der Waals surface area contributed by atoms with Gasteiger partial charge in [-0.25, -0.2) is 0 Å². The third kappa shape index (κ3) is 6.49. The second-order valence-corrected chi connectivity index (χ2v) is 10.8. The van der Waals surface area contributed by atoms with Crippen LogP contribution in [0, 0.1) is 6.92 Å². The molecule has 4 rings (SSSR count). The van der Waals surface area contributed by atoms with Crippen LogP contribution >= 0.6 is 35.0 Å². The molecule has 0 fully saturated rings. The lowest BCUT2D eigenvalue weighted by Crippen LogP contribution is -2.25. The molecule has 0 atom stereocenters. The van der Waals surface area contributed by atoms with Gasteiger partial charge in [0.15, 0.2) is 0 Å². The highest BCUT2D eigenvalue weighted by Gasteiger charge is 2.24. The average molecular weight is 540 g/mol. The van der Waals surface area contributed by atoms with Gasteiger partial charge in [0, 0.05) is 58.5 Å². The molecule has 3 aromatic heterocycles. The number of nitrogens with zero attached hydrogens (tertiary/aromatic N) is 3. The zero-order chi connectivity index (χ0) is 25.7. The molecular weight excluding hydrogens is 511 g/mol. The first-order valence-corrected chi connectivity index (χ1v) is 13.3. The fraction of sp³-hybridized carbons (Fsp3) is 0.250. The number of carbonyl (C=O) groups is 1. The summed E-state index contributed by atoms with van der Waals surface area (Å²) in [6, 6.07) is 13.4. The third-order valence-electron chi connectivity index (χ3n) is 5.94. The quantitative estimate of drug-likeness (QED) is 0.247. The van der Waals surface area contributed by atoms with Crippen molar-refractivity contribution in [2.24, 2.45) is 0 Å². The van der Waals surface area contributed by atoms with Crippen LogP contribution < -0.4 is 5.32 Å². The van der Waals surface area contributed by atoms with Gasteiger partial charge in [0.25, 0.3) is 0 Å².